The van der Waals surface area contributed by atoms with E-state index in [2.05, 4.69) is 14.9 Å². The van der Waals surface area contributed by atoms with Crippen molar-refractivity contribution in [1.29, 1.82) is 0 Å². The van der Waals surface area contributed by atoms with Gasteiger partial charge >= 0.3 is 0 Å². The molecule has 3 aromatic heterocycles. The Morgan fingerprint density at radius 1 is 1.15 bits per heavy atom. The number of nitrogen functional groups attached to an aromatic ring is 1. The van der Waals surface area contributed by atoms with Crippen LogP contribution in [0, 0.1) is 6.92 Å². The summed E-state index contributed by atoms with van der Waals surface area (Å²) in [6.45, 7) is 1.82. The van der Waals surface area contributed by atoms with Gasteiger partial charge in [-0.2, -0.15) is 13.5 Å². The first-order valence-corrected chi connectivity index (χ1v) is 9.08. The van der Waals surface area contributed by atoms with Crippen LogP contribution in [0.1, 0.15) is 5.69 Å². The number of pyridine rings is 1. The van der Waals surface area contributed by atoms with Crippen LogP contribution in [-0.4, -0.2) is 27.7 Å². The van der Waals surface area contributed by atoms with Crippen molar-refractivity contribution in [1.82, 2.24) is 19.3 Å². The Labute approximate surface area is 147 Å². The molecule has 3 N–H and O–H groups in total. The second kappa shape index (κ2) is 5.56. The zero-order chi connectivity index (χ0) is 18.5. The molecule has 0 radical (unpaired) electrons. The highest BCUT2D eigenvalue weighted by molar-refractivity contribution is 7.92. The Balaban J connectivity index is 1.82. The van der Waals surface area contributed by atoms with Crippen molar-refractivity contribution in [3.05, 3.63) is 64.8 Å². The molecule has 0 aliphatic carbocycles. The molecular formula is C16H14N6O3S. The van der Waals surface area contributed by atoms with Crippen LogP contribution in [0.4, 0.5) is 5.69 Å². The standard InChI is InChI=1S/C16H14N6O3S/c1-10-8-15-18-9-13-14(22(15)19-10)6-7-21(16(13)23)20-26(24,25)12-4-2-11(17)3-5-12/h2-9,20H,17H2,1H3. The molecule has 4 rings (SSSR count). The third kappa shape index (κ3) is 2.56. The summed E-state index contributed by atoms with van der Waals surface area (Å²) in [5, 5.41) is 4.54. The quantitative estimate of drug-likeness (QED) is 0.516. The fourth-order valence-electron chi connectivity index (χ4n) is 2.63. The molecule has 0 unspecified atom stereocenters. The summed E-state index contributed by atoms with van der Waals surface area (Å²) in [5.74, 6) is 0. The Hall–Kier alpha value is -3.40. The van der Waals surface area contributed by atoms with Crippen molar-refractivity contribution in [3.63, 3.8) is 0 Å². The lowest BCUT2D eigenvalue weighted by Gasteiger charge is -2.11. The van der Waals surface area contributed by atoms with Crippen LogP contribution in [0.2, 0.25) is 0 Å². The molecule has 0 aliphatic rings. The van der Waals surface area contributed by atoms with Crippen molar-refractivity contribution in [3.8, 4) is 0 Å². The van der Waals surface area contributed by atoms with Crippen LogP contribution in [-0.2, 0) is 10.0 Å². The molecule has 0 bridgehead atoms. The van der Waals surface area contributed by atoms with E-state index in [9.17, 15) is 13.2 Å². The third-order valence-electron chi connectivity index (χ3n) is 3.88. The molecule has 0 atom stereocenters. The normalized spacial score (nSPS) is 11.9. The lowest BCUT2D eigenvalue weighted by atomic mass is 10.3. The predicted molar refractivity (Wildman–Crippen MR) is 96.9 cm³/mol. The fraction of sp³-hybridized carbons (Fsp3) is 0.0625. The lowest BCUT2D eigenvalue weighted by molar-refractivity contribution is 0.594. The SMILES string of the molecule is Cc1cc2ncc3c(=O)n(NS(=O)(=O)c4ccc(N)cc4)ccc3n2n1. The first-order valence-electron chi connectivity index (χ1n) is 7.60. The third-order valence-corrected chi connectivity index (χ3v) is 5.21. The highest BCUT2D eigenvalue weighted by Gasteiger charge is 2.16. The van der Waals surface area contributed by atoms with E-state index in [4.69, 9.17) is 5.73 Å². The maximum Gasteiger partial charge on any atom is 0.280 e. The van der Waals surface area contributed by atoms with Crippen LogP contribution >= 0.6 is 0 Å². The van der Waals surface area contributed by atoms with Crippen molar-refractivity contribution in [2.45, 2.75) is 11.8 Å². The summed E-state index contributed by atoms with van der Waals surface area (Å²) in [5.41, 5.74) is 7.37. The van der Waals surface area contributed by atoms with E-state index in [0.29, 0.717) is 16.9 Å². The van der Waals surface area contributed by atoms with E-state index in [1.54, 1.807) is 16.6 Å². The number of nitrogens with zero attached hydrogens (tertiary/aromatic N) is 4. The lowest BCUT2D eigenvalue weighted by Crippen LogP contribution is -2.33. The van der Waals surface area contributed by atoms with Crippen molar-refractivity contribution >= 4 is 32.3 Å². The van der Waals surface area contributed by atoms with E-state index >= 15 is 0 Å². The molecular weight excluding hydrogens is 356 g/mol. The number of hydrogen-bond acceptors (Lipinski definition) is 6. The monoisotopic (exact) mass is 370 g/mol. The topological polar surface area (TPSA) is 124 Å². The molecule has 1 aromatic carbocycles. The molecule has 0 saturated heterocycles. The second-order valence-corrected chi connectivity index (χ2v) is 7.43. The second-order valence-electron chi connectivity index (χ2n) is 5.77. The number of anilines is 1. The number of hydrogen-bond donors (Lipinski definition) is 2. The van der Waals surface area contributed by atoms with Crippen LogP contribution in [0.3, 0.4) is 0 Å². The fourth-order valence-corrected chi connectivity index (χ4v) is 3.64. The Morgan fingerprint density at radius 3 is 2.62 bits per heavy atom. The summed E-state index contributed by atoms with van der Waals surface area (Å²) in [6.07, 6.45) is 2.75. The van der Waals surface area contributed by atoms with Gasteiger partial charge in [0, 0.05) is 24.1 Å². The molecule has 9 nitrogen and oxygen atoms in total. The molecule has 132 valence electrons. The zero-order valence-corrected chi connectivity index (χ0v) is 14.4. The van der Waals surface area contributed by atoms with Gasteiger partial charge in [0.15, 0.2) is 5.65 Å². The molecule has 10 heteroatoms. The average molecular weight is 370 g/mol. The number of nitrogens with one attached hydrogen (secondary N) is 1. The van der Waals surface area contributed by atoms with E-state index in [-0.39, 0.29) is 10.3 Å². The molecule has 0 amide bonds. The largest absolute Gasteiger partial charge is 0.399 e. The zero-order valence-electron chi connectivity index (χ0n) is 13.6. The summed E-state index contributed by atoms with van der Waals surface area (Å²) in [7, 11) is -3.95. The van der Waals surface area contributed by atoms with Gasteiger partial charge in [-0.25, -0.2) is 19.0 Å². The van der Waals surface area contributed by atoms with Crippen LogP contribution in [0.15, 0.2) is 58.5 Å². The maximum atomic E-state index is 12.7. The van der Waals surface area contributed by atoms with Gasteiger partial charge in [0.25, 0.3) is 15.6 Å². The van der Waals surface area contributed by atoms with Gasteiger partial charge in [-0.05, 0) is 37.3 Å². The van der Waals surface area contributed by atoms with Gasteiger partial charge in [-0.15, -0.1) is 0 Å². The number of nitrogens with two attached hydrogens (primary N) is 1. The highest BCUT2D eigenvalue weighted by Crippen LogP contribution is 2.14. The van der Waals surface area contributed by atoms with Crippen molar-refractivity contribution < 1.29 is 8.42 Å². The minimum Gasteiger partial charge on any atom is -0.399 e. The summed E-state index contributed by atoms with van der Waals surface area (Å²) < 4.78 is 27.4. The van der Waals surface area contributed by atoms with Gasteiger partial charge in [-0.3, -0.25) is 4.79 Å². The molecule has 0 aliphatic heterocycles. The number of benzene rings is 1. The summed E-state index contributed by atoms with van der Waals surface area (Å²) in [4.78, 5) is 19.1. The minimum atomic E-state index is -3.95. The molecule has 3 heterocycles. The molecule has 0 fully saturated rings. The van der Waals surface area contributed by atoms with Crippen LogP contribution < -0.4 is 16.1 Å². The Kier molecular flexibility index (Phi) is 3.44. The smallest absolute Gasteiger partial charge is 0.280 e. The van der Waals surface area contributed by atoms with Crippen LogP contribution in [0.5, 0.6) is 0 Å². The minimum absolute atomic E-state index is 0.00465. The number of sulfonamides is 1. The number of aryl methyl sites for hydroxylation is 1. The summed E-state index contributed by atoms with van der Waals surface area (Å²) >= 11 is 0. The van der Waals surface area contributed by atoms with Crippen molar-refractivity contribution in [2.24, 2.45) is 0 Å². The van der Waals surface area contributed by atoms with Gasteiger partial charge in [-0.1, -0.05) is 0 Å². The first kappa shape index (κ1) is 16.1. The van der Waals surface area contributed by atoms with Gasteiger partial charge < -0.3 is 5.73 Å². The predicted octanol–water partition coefficient (Wildman–Crippen LogP) is 0.867. The van der Waals surface area contributed by atoms with Crippen molar-refractivity contribution in [2.75, 3.05) is 10.6 Å². The number of aromatic nitrogens is 4. The van der Waals surface area contributed by atoms with E-state index < -0.39 is 15.6 Å². The average Bonchev–Trinajstić information content (AvgIpc) is 2.98. The Bertz CT molecular complexity index is 1310. The van der Waals surface area contributed by atoms with Gasteiger partial charge in [0.2, 0.25) is 0 Å². The number of rotatable bonds is 3. The molecule has 4 aromatic rings. The van der Waals surface area contributed by atoms with Gasteiger partial charge in [0.1, 0.15) is 0 Å². The summed E-state index contributed by atoms with van der Waals surface area (Å²) in [6, 6.07) is 9.05. The molecule has 0 spiro atoms. The molecule has 26 heavy (non-hydrogen) atoms. The number of fused-ring (bicyclic) bond motifs is 3. The molecule has 0 saturated carbocycles. The van der Waals surface area contributed by atoms with E-state index in [0.717, 1.165) is 10.4 Å². The van der Waals surface area contributed by atoms with Crippen LogP contribution in [0.25, 0.3) is 16.6 Å². The first-order chi connectivity index (χ1) is 12.3. The van der Waals surface area contributed by atoms with E-state index in [1.807, 2.05) is 6.92 Å². The van der Waals surface area contributed by atoms with Gasteiger partial charge in [0.05, 0.1) is 21.5 Å². The Morgan fingerprint density at radius 2 is 1.88 bits per heavy atom. The highest BCUT2D eigenvalue weighted by atomic mass is 32.2. The maximum absolute atomic E-state index is 12.7. The van der Waals surface area contributed by atoms with E-state index in [1.165, 1.54) is 36.7 Å².